The quantitative estimate of drug-likeness (QED) is 0.573. The van der Waals surface area contributed by atoms with Crippen LogP contribution in [0.5, 0.6) is 0 Å². The highest BCUT2D eigenvalue weighted by atomic mass is 32.1. The van der Waals surface area contributed by atoms with Gasteiger partial charge in [-0.3, -0.25) is 0 Å². The summed E-state index contributed by atoms with van der Waals surface area (Å²) in [5.41, 5.74) is 4.44. The van der Waals surface area contributed by atoms with Crippen LogP contribution in [0.1, 0.15) is 20.9 Å². The molecule has 0 spiro atoms. The lowest BCUT2D eigenvalue weighted by molar-refractivity contribution is 0.0696. The fourth-order valence-corrected chi connectivity index (χ4v) is 3.62. The number of carbonyl (C=O) groups is 1. The van der Waals surface area contributed by atoms with Crippen molar-refractivity contribution >= 4 is 50.1 Å². The van der Waals surface area contributed by atoms with E-state index >= 15 is 0 Å². The third-order valence-electron chi connectivity index (χ3n) is 3.77. The number of carboxylic acids is 1. The lowest BCUT2D eigenvalue weighted by Crippen LogP contribution is -1.98. The van der Waals surface area contributed by atoms with Crippen LogP contribution in [-0.4, -0.2) is 26.0 Å². The van der Waals surface area contributed by atoms with E-state index in [-0.39, 0.29) is 5.01 Å². The maximum absolute atomic E-state index is 11.2. The van der Waals surface area contributed by atoms with Gasteiger partial charge in [0.15, 0.2) is 0 Å². The summed E-state index contributed by atoms with van der Waals surface area (Å²) in [6.07, 6.45) is 1.71. The van der Waals surface area contributed by atoms with Gasteiger partial charge in [0.2, 0.25) is 11.0 Å². The summed E-state index contributed by atoms with van der Waals surface area (Å²) in [5, 5.41) is 13.3. The number of aromatic carboxylic acids is 1. The Labute approximate surface area is 147 Å². The zero-order valence-electron chi connectivity index (χ0n) is 13.6. The first-order valence-corrected chi connectivity index (χ1v) is 8.46. The van der Waals surface area contributed by atoms with Crippen molar-refractivity contribution in [3.05, 3.63) is 52.7 Å². The van der Waals surface area contributed by atoms with Gasteiger partial charge >= 0.3 is 5.97 Å². The fourth-order valence-electron chi connectivity index (χ4n) is 2.81. The third-order valence-corrected chi connectivity index (χ3v) is 4.78. The molecule has 2 heterocycles. The number of rotatable bonds is 3. The Kier molecular flexibility index (Phi) is 3.58. The van der Waals surface area contributed by atoms with Crippen LogP contribution in [-0.2, 0) is 0 Å². The van der Waals surface area contributed by atoms with E-state index in [0.717, 1.165) is 38.2 Å². The van der Waals surface area contributed by atoms with E-state index in [1.54, 1.807) is 6.20 Å². The molecule has 0 saturated heterocycles. The molecule has 25 heavy (non-hydrogen) atoms. The largest absolute Gasteiger partial charge is 0.476 e. The van der Waals surface area contributed by atoms with Gasteiger partial charge < -0.3 is 10.4 Å². The summed E-state index contributed by atoms with van der Waals surface area (Å²) in [4.78, 5) is 24.3. The average molecular weight is 350 g/mol. The zero-order chi connectivity index (χ0) is 17.6. The Morgan fingerprint density at radius 3 is 2.56 bits per heavy atom. The number of nitrogens with zero attached hydrogens (tertiary/aromatic N) is 3. The van der Waals surface area contributed by atoms with Crippen molar-refractivity contribution in [1.82, 2.24) is 15.0 Å². The second-order valence-corrected chi connectivity index (χ2v) is 6.90. The predicted octanol–water partition coefficient (Wildman–Crippen LogP) is 4.30. The SMILES string of the molecule is Cc1cc(C)cc(Nc2ncc3ccc4sc(C(=O)O)nc4c3n2)c1. The van der Waals surface area contributed by atoms with Crippen LogP contribution >= 0.6 is 11.3 Å². The Bertz CT molecular complexity index is 1120. The maximum Gasteiger partial charge on any atom is 0.365 e. The molecule has 0 atom stereocenters. The Hall–Kier alpha value is -3.06. The predicted molar refractivity (Wildman–Crippen MR) is 98.9 cm³/mol. The van der Waals surface area contributed by atoms with Gasteiger partial charge in [0, 0.05) is 17.3 Å². The standard InChI is InChI=1S/C18H14N4O2S/c1-9-5-10(2)7-12(6-9)20-18-19-8-11-3-4-13-15(14(11)22-18)21-16(25-13)17(23)24/h3-8H,1-2H3,(H,23,24)(H,19,20,22). The van der Waals surface area contributed by atoms with Crippen LogP contribution in [0.3, 0.4) is 0 Å². The van der Waals surface area contributed by atoms with Crippen LogP contribution in [0.4, 0.5) is 11.6 Å². The van der Waals surface area contributed by atoms with Gasteiger partial charge in [-0.2, -0.15) is 0 Å². The van der Waals surface area contributed by atoms with Crippen LogP contribution in [0, 0.1) is 13.8 Å². The number of hydrogen-bond acceptors (Lipinski definition) is 6. The number of carboxylic acid groups (broad SMARTS) is 1. The maximum atomic E-state index is 11.2. The second-order valence-electron chi connectivity index (χ2n) is 5.87. The molecule has 7 heteroatoms. The molecule has 2 aromatic carbocycles. The van der Waals surface area contributed by atoms with E-state index < -0.39 is 5.97 Å². The van der Waals surface area contributed by atoms with E-state index in [2.05, 4.69) is 26.3 Å². The van der Waals surface area contributed by atoms with Gasteiger partial charge in [-0.15, -0.1) is 11.3 Å². The molecule has 0 amide bonds. The molecule has 124 valence electrons. The number of anilines is 2. The normalized spacial score (nSPS) is 11.1. The number of aryl methyl sites for hydroxylation is 2. The number of fused-ring (bicyclic) bond motifs is 3. The second kappa shape index (κ2) is 5.78. The lowest BCUT2D eigenvalue weighted by atomic mass is 10.1. The molecule has 4 rings (SSSR count). The molecule has 2 N–H and O–H groups in total. The summed E-state index contributed by atoms with van der Waals surface area (Å²) in [6.45, 7) is 4.07. The molecule has 0 radical (unpaired) electrons. The number of thiazole rings is 1. The van der Waals surface area contributed by atoms with Gasteiger partial charge in [-0.25, -0.2) is 19.7 Å². The number of nitrogens with one attached hydrogen (secondary N) is 1. The van der Waals surface area contributed by atoms with E-state index in [0.29, 0.717) is 17.0 Å². The zero-order valence-corrected chi connectivity index (χ0v) is 14.4. The Balaban J connectivity index is 1.82. The summed E-state index contributed by atoms with van der Waals surface area (Å²) >= 11 is 1.14. The van der Waals surface area contributed by atoms with Crippen molar-refractivity contribution in [2.45, 2.75) is 13.8 Å². The first-order valence-electron chi connectivity index (χ1n) is 7.64. The van der Waals surface area contributed by atoms with Crippen molar-refractivity contribution < 1.29 is 9.90 Å². The van der Waals surface area contributed by atoms with E-state index in [1.807, 2.05) is 38.1 Å². The summed E-state index contributed by atoms with van der Waals surface area (Å²) in [6, 6.07) is 9.86. The van der Waals surface area contributed by atoms with Crippen molar-refractivity contribution in [2.75, 3.05) is 5.32 Å². The number of hydrogen-bond donors (Lipinski definition) is 2. The lowest BCUT2D eigenvalue weighted by Gasteiger charge is -2.08. The number of benzene rings is 2. The smallest absolute Gasteiger partial charge is 0.365 e. The van der Waals surface area contributed by atoms with Crippen molar-refractivity contribution in [2.24, 2.45) is 0 Å². The van der Waals surface area contributed by atoms with Gasteiger partial charge in [-0.05, 0) is 49.2 Å². The highest BCUT2D eigenvalue weighted by molar-refractivity contribution is 7.20. The minimum Gasteiger partial charge on any atom is -0.476 e. The summed E-state index contributed by atoms with van der Waals surface area (Å²) in [7, 11) is 0. The monoisotopic (exact) mass is 350 g/mol. The molecule has 0 fully saturated rings. The first-order chi connectivity index (χ1) is 12.0. The number of aromatic nitrogens is 3. The van der Waals surface area contributed by atoms with Gasteiger partial charge in [0.25, 0.3) is 0 Å². The molecule has 4 aromatic rings. The molecule has 0 aliphatic rings. The molecule has 2 aromatic heterocycles. The highest BCUT2D eigenvalue weighted by Gasteiger charge is 2.14. The Morgan fingerprint density at radius 2 is 1.84 bits per heavy atom. The van der Waals surface area contributed by atoms with Gasteiger partial charge in [-0.1, -0.05) is 6.07 Å². The molecule has 0 aliphatic heterocycles. The van der Waals surface area contributed by atoms with E-state index in [4.69, 9.17) is 5.11 Å². The highest BCUT2D eigenvalue weighted by Crippen LogP contribution is 2.29. The molecule has 0 aliphatic carbocycles. The molecule has 0 bridgehead atoms. The minimum absolute atomic E-state index is 0.0601. The molecular weight excluding hydrogens is 336 g/mol. The third kappa shape index (κ3) is 2.89. The Morgan fingerprint density at radius 1 is 1.08 bits per heavy atom. The van der Waals surface area contributed by atoms with Crippen molar-refractivity contribution in [3.63, 3.8) is 0 Å². The molecule has 0 saturated carbocycles. The molecular formula is C18H14N4O2S. The molecule has 0 unspecified atom stereocenters. The molecule has 6 nitrogen and oxygen atoms in total. The first kappa shape index (κ1) is 15.5. The topological polar surface area (TPSA) is 88.0 Å². The van der Waals surface area contributed by atoms with Crippen LogP contribution < -0.4 is 5.32 Å². The summed E-state index contributed by atoms with van der Waals surface area (Å²) < 4.78 is 0.793. The average Bonchev–Trinajstić information content (AvgIpc) is 2.99. The van der Waals surface area contributed by atoms with Crippen LogP contribution in [0.25, 0.3) is 21.1 Å². The minimum atomic E-state index is -1.03. The van der Waals surface area contributed by atoms with Gasteiger partial charge in [0.05, 0.1) is 4.70 Å². The van der Waals surface area contributed by atoms with E-state index in [1.165, 1.54) is 0 Å². The summed E-state index contributed by atoms with van der Waals surface area (Å²) in [5.74, 6) is -0.577. The van der Waals surface area contributed by atoms with E-state index in [9.17, 15) is 4.79 Å². The fraction of sp³-hybridized carbons (Fsp3) is 0.111. The van der Waals surface area contributed by atoms with Crippen molar-refractivity contribution in [1.29, 1.82) is 0 Å². The van der Waals surface area contributed by atoms with Gasteiger partial charge in [0.1, 0.15) is 11.0 Å². The van der Waals surface area contributed by atoms with Crippen LogP contribution in [0.15, 0.2) is 36.5 Å². The van der Waals surface area contributed by atoms with Crippen molar-refractivity contribution in [3.8, 4) is 0 Å². The van der Waals surface area contributed by atoms with Crippen LogP contribution in [0.2, 0.25) is 0 Å².